The Kier molecular flexibility index (Phi) is 4.35. The van der Waals surface area contributed by atoms with Crippen molar-refractivity contribution in [1.29, 1.82) is 0 Å². The number of carbonyl (C=O) groups is 1. The van der Waals surface area contributed by atoms with E-state index in [1.165, 1.54) is 0 Å². The minimum atomic E-state index is -0.253. The van der Waals surface area contributed by atoms with Crippen molar-refractivity contribution in [3.63, 3.8) is 0 Å². The summed E-state index contributed by atoms with van der Waals surface area (Å²) in [6, 6.07) is 3.73. The highest BCUT2D eigenvalue weighted by molar-refractivity contribution is 5.90. The van der Waals surface area contributed by atoms with Gasteiger partial charge >= 0.3 is 5.97 Å². The van der Waals surface area contributed by atoms with E-state index in [1.807, 2.05) is 32.9 Å². The van der Waals surface area contributed by atoms with Gasteiger partial charge in [0, 0.05) is 12.2 Å². The summed E-state index contributed by atoms with van der Waals surface area (Å²) < 4.78 is 4.98. The number of hydrogen-bond donors (Lipinski definition) is 1. The number of anilines is 1. The van der Waals surface area contributed by atoms with Crippen molar-refractivity contribution in [1.82, 2.24) is 0 Å². The fourth-order valence-corrected chi connectivity index (χ4v) is 1.75. The number of benzene rings is 1. The summed E-state index contributed by atoms with van der Waals surface area (Å²) >= 11 is 0. The first-order valence-corrected chi connectivity index (χ1v) is 5.62. The molecule has 16 heavy (non-hydrogen) atoms. The molecule has 0 aliphatic rings. The van der Waals surface area contributed by atoms with E-state index in [-0.39, 0.29) is 5.97 Å². The zero-order valence-electron chi connectivity index (χ0n) is 10.4. The third-order valence-corrected chi connectivity index (χ3v) is 2.40. The van der Waals surface area contributed by atoms with Crippen LogP contribution in [0.4, 0.5) is 5.69 Å². The van der Waals surface area contributed by atoms with E-state index < -0.39 is 0 Å². The molecule has 3 heteroatoms. The molecule has 0 aliphatic heterocycles. The molecular formula is C13H19NO2. The molecule has 0 unspecified atom stereocenters. The number of hydrogen-bond acceptors (Lipinski definition) is 3. The lowest BCUT2D eigenvalue weighted by Crippen LogP contribution is -2.08. The van der Waals surface area contributed by atoms with Crippen molar-refractivity contribution in [3.05, 3.63) is 28.8 Å². The van der Waals surface area contributed by atoms with Gasteiger partial charge in [-0.1, -0.05) is 0 Å². The third kappa shape index (κ3) is 2.75. The highest BCUT2D eigenvalue weighted by Gasteiger charge is 2.10. The van der Waals surface area contributed by atoms with Crippen LogP contribution >= 0.6 is 0 Å². The molecule has 0 bridgehead atoms. The van der Waals surface area contributed by atoms with Crippen LogP contribution < -0.4 is 5.32 Å². The molecule has 0 radical (unpaired) electrons. The van der Waals surface area contributed by atoms with Gasteiger partial charge in [-0.05, 0) is 51.0 Å². The zero-order chi connectivity index (χ0) is 12.1. The fraction of sp³-hybridized carbons (Fsp3) is 0.462. The summed E-state index contributed by atoms with van der Waals surface area (Å²) in [7, 11) is 0. The molecule has 0 spiro atoms. The predicted octanol–water partition coefficient (Wildman–Crippen LogP) is 2.91. The maximum Gasteiger partial charge on any atom is 0.338 e. The average molecular weight is 221 g/mol. The van der Waals surface area contributed by atoms with Crippen LogP contribution in [0.3, 0.4) is 0 Å². The van der Waals surface area contributed by atoms with Gasteiger partial charge in [0.2, 0.25) is 0 Å². The molecule has 3 nitrogen and oxygen atoms in total. The van der Waals surface area contributed by atoms with Crippen molar-refractivity contribution in [2.75, 3.05) is 18.5 Å². The molecule has 0 saturated heterocycles. The molecule has 88 valence electrons. The fourth-order valence-electron chi connectivity index (χ4n) is 1.75. The molecule has 1 rings (SSSR count). The minimum absolute atomic E-state index is 0.253. The second kappa shape index (κ2) is 5.54. The Bertz CT molecular complexity index is 363. The summed E-state index contributed by atoms with van der Waals surface area (Å²) in [5.41, 5.74) is 3.88. The van der Waals surface area contributed by atoms with E-state index in [0.29, 0.717) is 12.2 Å². The van der Waals surface area contributed by atoms with Crippen LogP contribution in [0.25, 0.3) is 0 Å². The van der Waals surface area contributed by atoms with Crippen LogP contribution in [-0.2, 0) is 4.74 Å². The lowest BCUT2D eigenvalue weighted by molar-refractivity contribution is 0.0526. The summed E-state index contributed by atoms with van der Waals surface area (Å²) in [5, 5.41) is 3.29. The Morgan fingerprint density at radius 1 is 1.25 bits per heavy atom. The van der Waals surface area contributed by atoms with Crippen molar-refractivity contribution in [2.24, 2.45) is 0 Å². The topological polar surface area (TPSA) is 38.3 Å². The van der Waals surface area contributed by atoms with Gasteiger partial charge in [0.25, 0.3) is 0 Å². The maximum absolute atomic E-state index is 11.6. The van der Waals surface area contributed by atoms with Gasteiger partial charge < -0.3 is 10.1 Å². The van der Waals surface area contributed by atoms with Crippen LogP contribution in [0, 0.1) is 13.8 Å². The predicted molar refractivity (Wildman–Crippen MR) is 66.0 cm³/mol. The van der Waals surface area contributed by atoms with Crippen molar-refractivity contribution in [3.8, 4) is 0 Å². The van der Waals surface area contributed by atoms with E-state index >= 15 is 0 Å². The summed E-state index contributed by atoms with van der Waals surface area (Å²) in [4.78, 5) is 11.6. The van der Waals surface area contributed by atoms with Gasteiger partial charge in [-0.2, -0.15) is 0 Å². The number of esters is 1. The number of carbonyl (C=O) groups excluding carboxylic acids is 1. The Hall–Kier alpha value is -1.51. The third-order valence-electron chi connectivity index (χ3n) is 2.40. The van der Waals surface area contributed by atoms with Crippen LogP contribution in [0.2, 0.25) is 0 Å². The van der Waals surface area contributed by atoms with E-state index in [9.17, 15) is 4.79 Å². The van der Waals surface area contributed by atoms with Crippen molar-refractivity contribution >= 4 is 11.7 Å². The molecule has 0 aromatic heterocycles. The molecule has 0 fully saturated rings. The Morgan fingerprint density at radius 3 is 2.25 bits per heavy atom. The molecule has 1 aromatic rings. The SMILES string of the molecule is CCNc1c(C)cc(C(=O)OCC)cc1C. The van der Waals surface area contributed by atoms with Gasteiger partial charge in [-0.15, -0.1) is 0 Å². The molecule has 1 N–H and O–H groups in total. The van der Waals surface area contributed by atoms with E-state index in [2.05, 4.69) is 12.2 Å². The molecular weight excluding hydrogens is 202 g/mol. The Balaban J connectivity index is 3.04. The van der Waals surface area contributed by atoms with Gasteiger partial charge in [-0.3, -0.25) is 0 Å². The summed E-state index contributed by atoms with van der Waals surface area (Å²) in [6.45, 7) is 9.14. The van der Waals surface area contributed by atoms with E-state index in [4.69, 9.17) is 4.74 Å². The number of rotatable bonds is 4. The van der Waals surface area contributed by atoms with Gasteiger partial charge in [0.1, 0.15) is 0 Å². The summed E-state index contributed by atoms with van der Waals surface area (Å²) in [6.07, 6.45) is 0. The Morgan fingerprint density at radius 2 is 1.81 bits per heavy atom. The highest BCUT2D eigenvalue weighted by Crippen LogP contribution is 2.22. The molecule has 0 amide bonds. The lowest BCUT2D eigenvalue weighted by Gasteiger charge is -2.13. The van der Waals surface area contributed by atoms with Crippen LogP contribution in [0.5, 0.6) is 0 Å². The number of aryl methyl sites for hydroxylation is 2. The minimum Gasteiger partial charge on any atom is -0.462 e. The van der Waals surface area contributed by atoms with Crippen LogP contribution in [0.1, 0.15) is 35.3 Å². The lowest BCUT2D eigenvalue weighted by atomic mass is 10.0. The first-order valence-electron chi connectivity index (χ1n) is 5.62. The maximum atomic E-state index is 11.6. The average Bonchev–Trinajstić information content (AvgIpc) is 2.23. The standard InChI is InChI=1S/C13H19NO2/c1-5-14-12-9(3)7-11(8-10(12)4)13(15)16-6-2/h7-8,14H,5-6H2,1-4H3. The van der Waals surface area contributed by atoms with E-state index in [0.717, 1.165) is 23.4 Å². The number of nitrogens with one attached hydrogen (secondary N) is 1. The molecule has 0 atom stereocenters. The van der Waals surface area contributed by atoms with Crippen LogP contribution in [0.15, 0.2) is 12.1 Å². The second-order valence-corrected chi connectivity index (χ2v) is 3.74. The monoisotopic (exact) mass is 221 g/mol. The normalized spacial score (nSPS) is 10.0. The zero-order valence-corrected chi connectivity index (χ0v) is 10.4. The highest BCUT2D eigenvalue weighted by atomic mass is 16.5. The largest absolute Gasteiger partial charge is 0.462 e. The van der Waals surface area contributed by atoms with Gasteiger partial charge in [0.05, 0.1) is 12.2 Å². The molecule has 0 aliphatic carbocycles. The molecule has 1 aromatic carbocycles. The summed E-state index contributed by atoms with van der Waals surface area (Å²) in [5.74, 6) is -0.253. The first-order chi connectivity index (χ1) is 7.60. The van der Waals surface area contributed by atoms with Gasteiger partial charge in [0.15, 0.2) is 0 Å². The van der Waals surface area contributed by atoms with Crippen molar-refractivity contribution in [2.45, 2.75) is 27.7 Å². The van der Waals surface area contributed by atoms with Crippen LogP contribution in [-0.4, -0.2) is 19.1 Å². The molecule has 0 heterocycles. The number of ether oxygens (including phenoxy) is 1. The van der Waals surface area contributed by atoms with Gasteiger partial charge in [-0.25, -0.2) is 4.79 Å². The first kappa shape index (κ1) is 12.6. The van der Waals surface area contributed by atoms with Crippen molar-refractivity contribution < 1.29 is 9.53 Å². The quantitative estimate of drug-likeness (QED) is 0.794. The molecule has 0 saturated carbocycles. The second-order valence-electron chi connectivity index (χ2n) is 3.74. The van der Waals surface area contributed by atoms with E-state index in [1.54, 1.807) is 0 Å². The smallest absolute Gasteiger partial charge is 0.338 e. The Labute approximate surface area is 96.8 Å².